The van der Waals surface area contributed by atoms with Gasteiger partial charge in [0.2, 0.25) is 0 Å². The number of para-hydroxylation sites is 1. The van der Waals surface area contributed by atoms with E-state index in [0.29, 0.717) is 18.3 Å². The first kappa shape index (κ1) is 19.3. The number of thiocarbonyl (C=S) groups is 1. The summed E-state index contributed by atoms with van der Waals surface area (Å²) in [5, 5.41) is 4.16. The largest absolute Gasteiger partial charge is 0.383 e. The lowest BCUT2D eigenvalue weighted by molar-refractivity contribution is 0.164. The molecule has 1 N–H and O–H groups in total. The van der Waals surface area contributed by atoms with Crippen molar-refractivity contribution < 1.29 is 4.74 Å². The smallest absolute Gasteiger partial charge is 0.174 e. The number of nitrogens with one attached hydrogen (secondary N) is 1. The molecule has 1 aromatic heterocycles. The highest BCUT2D eigenvalue weighted by Gasteiger charge is 2.20. The van der Waals surface area contributed by atoms with Crippen LogP contribution in [0, 0.1) is 6.92 Å². The molecule has 2 aromatic rings. The molecule has 25 heavy (non-hydrogen) atoms. The van der Waals surface area contributed by atoms with Crippen LogP contribution in [-0.2, 0) is 11.2 Å². The van der Waals surface area contributed by atoms with Crippen molar-refractivity contribution in [2.75, 3.05) is 25.6 Å². The highest BCUT2D eigenvalue weighted by atomic mass is 32.1. The number of methoxy groups -OCH3 is 1. The Bertz CT molecular complexity index is 691. The molecule has 1 aromatic carbocycles. The Hall–Kier alpha value is -1.98. The first-order valence-electron chi connectivity index (χ1n) is 8.64. The van der Waals surface area contributed by atoms with Gasteiger partial charge in [-0.2, -0.15) is 0 Å². The molecule has 0 amide bonds. The SMILES string of the molecule is CCc1cccc(C)c1NC(=S)N(CCOC)[C@H](C)c1ccccn1. The summed E-state index contributed by atoms with van der Waals surface area (Å²) in [4.78, 5) is 6.61. The topological polar surface area (TPSA) is 37.4 Å². The third kappa shape index (κ3) is 5.00. The third-order valence-electron chi connectivity index (χ3n) is 4.35. The Labute approximate surface area is 156 Å². The van der Waals surface area contributed by atoms with Gasteiger partial charge in [0, 0.05) is 25.5 Å². The molecule has 1 atom stereocenters. The van der Waals surface area contributed by atoms with Crippen molar-refractivity contribution >= 4 is 23.0 Å². The van der Waals surface area contributed by atoms with Crippen molar-refractivity contribution in [3.63, 3.8) is 0 Å². The van der Waals surface area contributed by atoms with Crippen molar-refractivity contribution in [2.24, 2.45) is 0 Å². The van der Waals surface area contributed by atoms with E-state index in [1.54, 1.807) is 7.11 Å². The van der Waals surface area contributed by atoms with E-state index in [1.165, 1.54) is 11.1 Å². The average Bonchev–Trinajstić information content (AvgIpc) is 2.64. The summed E-state index contributed by atoms with van der Waals surface area (Å²) in [5.41, 5.74) is 4.55. The van der Waals surface area contributed by atoms with Gasteiger partial charge in [-0.3, -0.25) is 4.98 Å². The van der Waals surface area contributed by atoms with Crippen LogP contribution < -0.4 is 5.32 Å². The molecule has 0 saturated heterocycles. The number of anilines is 1. The second-order valence-corrected chi connectivity index (χ2v) is 6.40. The van der Waals surface area contributed by atoms with E-state index in [1.807, 2.05) is 24.4 Å². The van der Waals surface area contributed by atoms with Gasteiger partial charge < -0.3 is 15.0 Å². The van der Waals surface area contributed by atoms with Gasteiger partial charge in [0.25, 0.3) is 0 Å². The number of aromatic nitrogens is 1. The lowest BCUT2D eigenvalue weighted by atomic mass is 10.1. The maximum atomic E-state index is 5.75. The number of ether oxygens (including phenoxy) is 1. The molecule has 5 heteroatoms. The summed E-state index contributed by atoms with van der Waals surface area (Å²) in [5.74, 6) is 0. The monoisotopic (exact) mass is 357 g/mol. The van der Waals surface area contributed by atoms with Gasteiger partial charge in [0.15, 0.2) is 5.11 Å². The van der Waals surface area contributed by atoms with Gasteiger partial charge in [-0.25, -0.2) is 0 Å². The first-order valence-corrected chi connectivity index (χ1v) is 9.05. The number of rotatable bonds is 7. The maximum Gasteiger partial charge on any atom is 0.174 e. The fourth-order valence-electron chi connectivity index (χ4n) is 2.82. The molecular formula is C20H27N3OS. The minimum absolute atomic E-state index is 0.0606. The van der Waals surface area contributed by atoms with Gasteiger partial charge in [-0.15, -0.1) is 0 Å². The Morgan fingerprint density at radius 1 is 1.28 bits per heavy atom. The van der Waals surface area contributed by atoms with E-state index < -0.39 is 0 Å². The standard InChI is InChI=1S/C20H27N3OS/c1-5-17-10-8-9-15(2)19(17)22-20(25)23(13-14-24-4)16(3)18-11-6-7-12-21-18/h6-12,16H,5,13-14H2,1-4H3,(H,22,25)/t16-/m1/s1. The van der Waals surface area contributed by atoms with E-state index >= 15 is 0 Å². The van der Waals surface area contributed by atoms with Crippen molar-refractivity contribution in [1.29, 1.82) is 0 Å². The molecule has 4 nitrogen and oxygen atoms in total. The van der Waals surface area contributed by atoms with Crippen LogP contribution in [0.1, 0.15) is 36.7 Å². The lowest BCUT2D eigenvalue weighted by Gasteiger charge is -2.32. The van der Waals surface area contributed by atoms with Gasteiger partial charge in [-0.1, -0.05) is 31.2 Å². The number of benzene rings is 1. The molecule has 0 fully saturated rings. The Morgan fingerprint density at radius 3 is 2.72 bits per heavy atom. The molecule has 0 aliphatic rings. The molecule has 0 aliphatic carbocycles. The lowest BCUT2D eigenvalue weighted by Crippen LogP contribution is -2.39. The summed E-state index contributed by atoms with van der Waals surface area (Å²) < 4.78 is 5.28. The second-order valence-electron chi connectivity index (χ2n) is 6.01. The zero-order chi connectivity index (χ0) is 18.2. The number of hydrogen-bond donors (Lipinski definition) is 1. The Kier molecular flexibility index (Phi) is 7.34. The van der Waals surface area contributed by atoms with Gasteiger partial charge >= 0.3 is 0 Å². The molecule has 0 aliphatic heterocycles. The predicted octanol–water partition coefficient (Wildman–Crippen LogP) is 4.36. The van der Waals surface area contributed by atoms with E-state index in [-0.39, 0.29) is 6.04 Å². The molecule has 2 rings (SSSR count). The molecule has 0 radical (unpaired) electrons. The van der Waals surface area contributed by atoms with Crippen molar-refractivity contribution in [3.8, 4) is 0 Å². The fraction of sp³-hybridized carbons (Fsp3) is 0.400. The van der Waals surface area contributed by atoms with Crippen LogP contribution in [0.3, 0.4) is 0 Å². The minimum Gasteiger partial charge on any atom is -0.383 e. The second kappa shape index (κ2) is 9.49. The Morgan fingerprint density at radius 2 is 2.08 bits per heavy atom. The van der Waals surface area contributed by atoms with Gasteiger partial charge in [0.05, 0.1) is 18.3 Å². The quantitative estimate of drug-likeness (QED) is 0.745. The summed E-state index contributed by atoms with van der Waals surface area (Å²) in [6.45, 7) is 7.68. The van der Waals surface area contributed by atoms with E-state index in [4.69, 9.17) is 17.0 Å². The zero-order valence-electron chi connectivity index (χ0n) is 15.5. The number of pyridine rings is 1. The Balaban J connectivity index is 2.24. The fourth-order valence-corrected chi connectivity index (χ4v) is 3.18. The molecule has 0 spiro atoms. The number of hydrogen-bond acceptors (Lipinski definition) is 3. The number of nitrogens with zero attached hydrogens (tertiary/aromatic N) is 2. The molecule has 0 saturated carbocycles. The summed E-state index contributed by atoms with van der Waals surface area (Å²) in [6, 6.07) is 12.3. The van der Waals surface area contributed by atoms with Crippen LogP contribution in [-0.4, -0.2) is 35.3 Å². The molecule has 0 unspecified atom stereocenters. The van der Waals surface area contributed by atoms with Crippen LogP contribution in [0.5, 0.6) is 0 Å². The molecule has 0 bridgehead atoms. The normalized spacial score (nSPS) is 11.8. The van der Waals surface area contributed by atoms with E-state index in [2.05, 4.69) is 54.2 Å². The maximum absolute atomic E-state index is 5.75. The molecule has 134 valence electrons. The van der Waals surface area contributed by atoms with Crippen LogP contribution in [0.15, 0.2) is 42.6 Å². The summed E-state index contributed by atoms with van der Waals surface area (Å²) in [6.07, 6.45) is 2.77. The highest BCUT2D eigenvalue weighted by Crippen LogP contribution is 2.24. The molecular weight excluding hydrogens is 330 g/mol. The zero-order valence-corrected chi connectivity index (χ0v) is 16.3. The first-order chi connectivity index (χ1) is 12.1. The van der Waals surface area contributed by atoms with Gasteiger partial charge in [0.1, 0.15) is 0 Å². The minimum atomic E-state index is 0.0606. The third-order valence-corrected chi connectivity index (χ3v) is 4.69. The summed E-state index contributed by atoms with van der Waals surface area (Å²) >= 11 is 5.75. The molecule has 1 heterocycles. The highest BCUT2D eigenvalue weighted by molar-refractivity contribution is 7.80. The van der Waals surface area contributed by atoms with Crippen molar-refractivity contribution in [2.45, 2.75) is 33.2 Å². The van der Waals surface area contributed by atoms with Crippen molar-refractivity contribution in [3.05, 3.63) is 59.4 Å². The van der Waals surface area contributed by atoms with Gasteiger partial charge in [-0.05, 0) is 55.7 Å². The average molecular weight is 358 g/mol. The predicted molar refractivity (Wildman–Crippen MR) is 108 cm³/mol. The van der Waals surface area contributed by atoms with Crippen LogP contribution >= 0.6 is 12.2 Å². The van der Waals surface area contributed by atoms with Crippen LogP contribution in [0.4, 0.5) is 5.69 Å². The van der Waals surface area contributed by atoms with E-state index in [9.17, 15) is 0 Å². The summed E-state index contributed by atoms with van der Waals surface area (Å²) in [7, 11) is 1.70. The van der Waals surface area contributed by atoms with Crippen molar-refractivity contribution in [1.82, 2.24) is 9.88 Å². The van der Waals surface area contributed by atoms with Crippen LogP contribution in [0.25, 0.3) is 0 Å². The number of aryl methyl sites for hydroxylation is 2. The van der Waals surface area contributed by atoms with E-state index in [0.717, 1.165) is 17.8 Å². The van der Waals surface area contributed by atoms with Crippen LogP contribution in [0.2, 0.25) is 0 Å².